The predicted octanol–water partition coefficient (Wildman–Crippen LogP) is 5.33. The number of benzene rings is 1. The minimum absolute atomic E-state index is 0.0521. The van der Waals surface area contributed by atoms with E-state index in [1.807, 2.05) is 26.4 Å². The third-order valence-electron chi connectivity index (χ3n) is 10.4. The molecule has 2 fully saturated rings. The summed E-state index contributed by atoms with van der Waals surface area (Å²) in [5, 5.41) is 4.02. The van der Waals surface area contributed by atoms with Crippen molar-refractivity contribution in [2.24, 2.45) is 0 Å². The summed E-state index contributed by atoms with van der Waals surface area (Å²) in [6.07, 6.45) is 13.4. The maximum absolute atomic E-state index is 12.9. The zero-order valence-corrected chi connectivity index (χ0v) is 24.1. The summed E-state index contributed by atoms with van der Waals surface area (Å²) in [7, 11) is 3.74. The molecule has 0 radical (unpaired) electrons. The first-order valence-electron chi connectivity index (χ1n) is 15.3. The molecular weight excluding hydrogens is 484 g/mol. The Labute approximate surface area is 234 Å². The molecule has 6 heteroatoms. The molecular formula is C33H46N4O2. The van der Waals surface area contributed by atoms with Crippen LogP contribution >= 0.6 is 0 Å². The SMILES string of the molecule is CC(C(=O)N(C)C)N1CCc2cccc3c2C1CCC3NCC[C@@]1(c2ccccn2)CCOC2(CCCC2)C1. The zero-order chi connectivity index (χ0) is 27.0. The van der Waals surface area contributed by atoms with Gasteiger partial charge in [-0.05, 0) is 93.7 Å². The zero-order valence-electron chi connectivity index (χ0n) is 24.1. The van der Waals surface area contributed by atoms with E-state index in [2.05, 4.69) is 47.5 Å². The van der Waals surface area contributed by atoms with Crippen LogP contribution in [0.15, 0.2) is 42.6 Å². The van der Waals surface area contributed by atoms with Crippen molar-refractivity contribution in [2.45, 2.75) is 100 Å². The summed E-state index contributed by atoms with van der Waals surface area (Å²) in [6.45, 7) is 4.86. The van der Waals surface area contributed by atoms with Crippen LogP contribution in [-0.2, 0) is 21.4 Å². The van der Waals surface area contributed by atoms with Crippen LogP contribution in [0.25, 0.3) is 0 Å². The molecule has 1 N–H and O–H groups in total. The first-order valence-corrected chi connectivity index (χ1v) is 15.3. The van der Waals surface area contributed by atoms with Gasteiger partial charge in [-0.3, -0.25) is 14.7 Å². The Morgan fingerprint density at radius 2 is 2.00 bits per heavy atom. The van der Waals surface area contributed by atoms with Crippen molar-refractivity contribution in [3.05, 3.63) is 65.0 Å². The topological polar surface area (TPSA) is 57.7 Å². The van der Waals surface area contributed by atoms with Gasteiger partial charge in [0, 0.05) is 56.6 Å². The van der Waals surface area contributed by atoms with Gasteiger partial charge in [-0.25, -0.2) is 0 Å². The van der Waals surface area contributed by atoms with E-state index in [0.717, 1.165) is 58.2 Å². The Balaban J connectivity index is 1.20. The van der Waals surface area contributed by atoms with Gasteiger partial charge in [-0.2, -0.15) is 0 Å². The smallest absolute Gasteiger partial charge is 0.239 e. The van der Waals surface area contributed by atoms with E-state index in [9.17, 15) is 4.79 Å². The lowest BCUT2D eigenvalue weighted by Crippen LogP contribution is -2.50. The van der Waals surface area contributed by atoms with Crippen LogP contribution in [-0.4, -0.2) is 66.1 Å². The third-order valence-corrected chi connectivity index (χ3v) is 10.4. The summed E-state index contributed by atoms with van der Waals surface area (Å²) >= 11 is 0. The van der Waals surface area contributed by atoms with Crippen LogP contribution in [0, 0.1) is 0 Å². The lowest BCUT2D eigenvalue weighted by Gasteiger charge is -2.47. The molecule has 2 aliphatic carbocycles. The second-order valence-corrected chi connectivity index (χ2v) is 12.8. The maximum atomic E-state index is 12.9. The lowest BCUT2D eigenvalue weighted by molar-refractivity contribution is -0.135. The second-order valence-electron chi connectivity index (χ2n) is 12.8. The van der Waals surface area contributed by atoms with Crippen molar-refractivity contribution in [2.75, 3.05) is 33.8 Å². The summed E-state index contributed by atoms with van der Waals surface area (Å²) in [5.41, 5.74) is 5.78. The summed E-state index contributed by atoms with van der Waals surface area (Å²) in [4.78, 5) is 22.0. The van der Waals surface area contributed by atoms with Crippen molar-refractivity contribution in [3.8, 4) is 0 Å². The molecule has 1 aromatic carbocycles. The molecule has 210 valence electrons. The average molecular weight is 531 g/mol. The quantitative estimate of drug-likeness (QED) is 0.524. The number of pyridine rings is 1. The predicted molar refractivity (Wildman–Crippen MR) is 155 cm³/mol. The Morgan fingerprint density at radius 3 is 2.77 bits per heavy atom. The van der Waals surface area contributed by atoms with Gasteiger partial charge < -0.3 is 15.0 Å². The molecule has 2 aliphatic heterocycles. The molecule has 3 heterocycles. The molecule has 4 atom stereocenters. The fourth-order valence-electron chi connectivity index (χ4n) is 8.40. The molecule has 0 bridgehead atoms. The van der Waals surface area contributed by atoms with Crippen LogP contribution in [0.3, 0.4) is 0 Å². The normalized spacial score (nSPS) is 28.7. The third kappa shape index (κ3) is 5.05. The summed E-state index contributed by atoms with van der Waals surface area (Å²) in [6, 6.07) is 13.9. The second kappa shape index (κ2) is 10.9. The van der Waals surface area contributed by atoms with E-state index in [4.69, 9.17) is 9.72 Å². The molecule has 1 spiro atoms. The van der Waals surface area contributed by atoms with Crippen molar-refractivity contribution in [1.29, 1.82) is 0 Å². The van der Waals surface area contributed by atoms with Crippen molar-refractivity contribution in [1.82, 2.24) is 20.1 Å². The number of aromatic nitrogens is 1. The van der Waals surface area contributed by atoms with Gasteiger partial charge in [0.2, 0.25) is 5.91 Å². The average Bonchev–Trinajstić information content (AvgIpc) is 3.41. The van der Waals surface area contributed by atoms with E-state index < -0.39 is 0 Å². The number of nitrogens with zero attached hydrogens (tertiary/aromatic N) is 3. The highest BCUT2D eigenvalue weighted by atomic mass is 16.5. The van der Waals surface area contributed by atoms with Crippen LogP contribution < -0.4 is 5.32 Å². The monoisotopic (exact) mass is 530 g/mol. The van der Waals surface area contributed by atoms with Crippen LogP contribution in [0.2, 0.25) is 0 Å². The van der Waals surface area contributed by atoms with Crippen LogP contribution in [0.5, 0.6) is 0 Å². The molecule has 1 amide bonds. The fourth-order valence-corrected chi connectivity index (χ4v) is 8.40. The molecule has 3 unspecified atom stereocenters. The fraction of sp³-hybridized carbons (Fsp3) is 0.636. The highest BCUT2D eigenvalue weighted by molar-refractivity contribution is 5.81. The number of amides is 1. The van der Waals surface area contributed by atoms with Crippen molar-refractivity contribution >= 4 is 5.91 Å². The largest absolute Gasteiger partial charge is 0.375 e. The van der Waals surface area contributed by atoms with Gasteiger partial charge in [0.05, 0.1) is 11.6 Å². The molecule has 1 aromatic heterocycles. The number of carbonyl (C=O) groups excluding carboxylic acids is 1. The van der Waals surface area contributed by atoms with Gasteiger partial charge in [-0.15, -0.1) is 0 Å². The molecule has 2 aromatic rings. The van der Waals surface area contributed by atoms with Gasteiger partial charge >= 0.3 is 0 Å². The Morgan fingerprint density at radius 1 is 1.15 bits per heavy atom. The van der Waals surface area contributed by atoms with Crippen LogP contribution in [0.4, 0.5) is 0 Å². The van der Waals surface area contributed by atoms with Crippen LogP contribution in [0.1, 0.15) is 99.2 Å². The molecule has 1 saturated heterocycles. The van der Waals surface area contributed by atoms with E-state index in [1.54, 1.807) is 4.90 Å². The highest BCUT2D eigenvalue weighted by Crippen LogP contribution is 2.50. The summed E-state index contributed by atoms with van der Waals surface area (Å²) < 4.78 is 6.47. The molecule has 39 heavy (non-hydrogen) atoms. The van der Waals surface area contributed by atoms with Gasteiger partial charge in [0.1, 0.15) is 0 Å². The standard InChI is InChI=1S/C33H46N4O2/c1-24(31(38)36(2)3)37-21-14-25-9-8-10-26-27(12-13-28(37)30(25)26)34-20-17-32(29-11-4-7-19-35-29)18-22-39-33(23-32)15-5-6-16-33/h4,7-11,19,24,27-28,34H,5-6,12-18,20-23H2,1-3H3/t24?,27?,28?,32-/m1/s1. The maximum Gasteiger partial charge on any atom is 0.239 e. The Hall–Kier alpha value is -2.28. The van der Waals surface area contributed by atoms with Gasteiger partial charge in [0.25, 0.3) is 0 Å². The first-order chi connectivity index (χ1) is 18.9. The van der Waals surface area contributed by atoms with E-state index in [0.29, 0.717) is 12.1 Å². The van der Waals surface area contributed by atoms with Crippen molar-refractivity contribution in [3.63, 3.8) is 0 Å². The molecule has 6 nitrogen and oxygen atoms in total. The lowest BCUT2D eigenvalue weighted by atomic mass is 9.68. The van der Waals surface area contributed by atoms with Crippen molar-refractivity contribution < 1.29 is 9.53 Å². The Bertz CT molecular complexity index is 1160. The number of ether oxygens (including phenoxy) is 1. The highest BCUT2D eigenvalue weighted by Gasteiger charge is 2.48. The Kier molecular flexibility index (Phi) is 7.55. The van der Waals surface area contributed by atoms with Gasteiger partial charge in [0.15, 0.2) is 0 Å². The number of rotatable bonds is 7. The first kappa shape index (κ1) is 26.9. The van der Waals surface area contributed by atoms with E-state index >= 15 is 0 Å². The number of likely N-dealkylation sites (N-methyl/N-ethyl adjacent to an activating group) is 1. The minimum atomic E-state index is -0.0922. The number of nitrogens with one attached hydrogen (secondary N) is 1. The number of carbonyl (C=O) groups is 1. The molecule has 4 aliphatic rings. The molecule has 1 saturated carbocycles. The number of hydrogen-bond acceptors (Lipinski definition) is 5. The molecule has 6 rings (SSSR count). The van der Waals surface area contributed by atoms with E-state index in [-0.39, 0.29) is 23.0 Å². The summed E-state index contributed by atoms with van der Waals surface area (Å²) in [5.74, 6) is 0.201. The van der Waals surface area contributed by atoms with Gasteiger partial charge in [-0.1, -0.05) is 37.1 Å². The number of hydrogen-bond donors (Lipinski definition) is 1. The van der Waals surface area contributed by atoms with E-state index in [1.165, 1.54) is 48.1 Å². The minimum Gasteiger partial charge on any atom is -0.375 e.